The van der Waals surface area contributed by atoms with Crippen molar-refractivity contribution >= 4 is 89.2 Å². The normalized spacial score (nSPS) is 11.6. The van der Waals surface area contributed by atoms with E-state index in [1.807, 2.05) is 30.3 Å². The van der Waals surface area contributed by atoms with Crippen LogP contribution in [0.15, 0.2) is 107 Å². The van der Waals surface area contributed by atoms with Gasteiger partial charge in [0.05, 0.1) is 69.7 Å². The highest BCUT2D eigenvalue weighted by molar-refractivity contribution is 7.92. The van der Waals surface area contributed by atoms with E-state index in [9.17, 15) is 16.8 Å². The van der Waals surface area contributed by atoms with E-state index in [0.717, 1.165) is 42.9 Å². The monoisotopic (exact) mass is 1010 g/mol. The van der Waals surface area contributed by atoms with Crippen LogP contribution >= 0.6 is 23.2 Å². The summed E-state index contributed by atoms with van der Waals surface area (Å²) >= 11 is 12.7. The van der Waals surface area contributed by atoms with Gasteiger partial charge in [-0.3, -0.25) is 0 Å². The first-order valence-electron chi connectivity index (χ1n) is 22.0. The van der Waals surface area contributed by atoms with E-state index < -0.39 is 30.2 Å². The fraction of sp³-hybridized carbons (Fsp3) is 0.333. The van der Waals surface area contributed by atoms with Crippen molar-refractivity contribution in [2.24, 2.45) is 5.73 Å². The smallest absolute Gasteiger partial charge is 0.229 e. The number of para-hydroxylation sites is 2. The lowest BCUT2D eigenvalue weighted by Crippen LogP contribution is -2.25. The lowest BCUT2D eigenvalue weighted by atomic mass is 10.1. The van der Waals surface area contributed by atoms with Crippen molar-refractivity contribution in [3.63, 3.8) is 0 Å². The van der Waals surface area contributed by atoms with Gasteiger partial charge in [0.25, 0.3) is 0 Å². The minimum absolute atomic E-state index is 0.176. The molecule has 0 fully saturated rings. The van der Waals surface area contributed by atoms with Crippen molar-refractivity contribution in [1.82, 2.24) is 24.8 Å². The molecule has 0 aliphatic carbocycles. The lowest BCUT2D eigenvalue weighted by Gasteiger charge is -2.18. The second-order valence-electron chi connectivity index (χ2n) is 15.8. The second kappa shape index (κ2) is 24.5. The quantitative estimate of drug-likeness (QED) is 0.0453. The van der Waals surface area contributed by atoms with Gasteiger partial charge in [0, 0.05) is 6.54 Å². The highest BCUT2D eigenvalue weighted by Gasteiger charge is 2.25. The fourth-order valence-electron chi connectivity index (χ4n) is 6.68. The van der Waals surface area contributed by atoms with E-state index in [0.29, 0.717) is 47.5 Å². The van der Waals surface area contributed by atoms with Gasteiger partial charge in [-0.15, -0.1) is 0 Å². The topological polar surface area (TPSA) is 216 Å². The summed E-state index contributed by atoms with van der Waals surface area (Å²) < 4.78 is 62.1. The molecule has 0 saturated carbocycles. The number of nitrogens with one attached hydrogen (secondary N) is 4. The Morgan fingerprint density at radius 2 is 1.01 bits per heavy atom. The number of rotatable bonds is 21. The van der Waals surface area contributed by atoms with E-state index in [2.05, 4.69) is 66.0 Å². The van der Waals surface area contributed by atoms with Gasteiger partial charge in [-0.2, -0.15) is 9.97 Å². The number of benzene rings is 4. The molecule has 4 aromatic carbocycles. The molecule has 0 aliphatic rings. The molecule has 0 amide bonds. The summed E-state index contributed by atoms with van der Waals surface area (Å²) in [6.07, 6.45) is 4.52. The van der Waals surface area contributed by atoms with Crippen LogP contribution in [0.4, 0.5) is 46.3 Å². The van der Waals surface area contributed by atoms with Crippen LogP contribution in [0.1, 0.15) is 52.7 Å². The molecule has 16 nitrogen and oxygen atoms in total. The largest absolute Gasteiger partial charge is 0.495 e. The summed E-state index contributed by atoms with van der Waals surface area (Å²) in [5, 5.41) is 11.8. The molecular formula is C48H60Cl2N10O6S2. The highest BCUT2D eigenvalue weighted by atomic mass is 35.5. The molecule has 0 atom stereocenters. The van der Waals surface area contributed by atoms with Crippen LogP contribution in [-0.4, -0.2) is 92.6 Å². The molecule has 0 unspecified atom stereocenters. The Bertz CT molecular complexity index is 2870. The Hall–Kier alpha value is -5.76. The van der Waals surface area contributed by atoms with Crippen molar-refractivity contribution in [3.05, 3.63) is 118 Å². The molecule has 0 radical (unpaired) electrons. The van der Waals surface area contributed by atoms with Crippen LogP contribution in [-0.2, 0) is 32.5 Å². The third kappa shape index (κ3) is 13.7. The SMILES string of the molecule is CCN(CC)CCc1ccc(OC)c(Nc2ncc(Cl)c(Nc3ccccc3S(=O)(=O)C(C)C)n2)c1.COc1ccc(CCN)cc1Nc1ncc(Cl)c(Nc2ccccc2S(=O)(=O)C(C)C)n1. The van der Waals surface area contributed by atoms with Gasteiger partial charge in [-0.25, -0.2) is 26.8 Å². The maximum Gasteiger partial charge on any atom is 0.229 e. The molecule has 6 aromatic rings. The molecule has 6 rings (SSSR count). The number of hydrogen-bond acceptors (Lipinski definition) is 16. The van der Waals surface area contributed by atoms with Gasteiger partial charge >= 0.3 is 0 Å². The number of likely N-dealkylation sites (N-methyl/N-ethyl adjacent to an activating group) is 1. The minimum Gasteiger partial charge on any atom is -0.495 e. The number of anilines is 8. The number of halogens is 2. The van der Waals surface area contributed by atoms with Crippen LogP contribution in [0.2, 0.25) is 10.0 Å². The number of hydrogen-bond donors (Lipinski definition) is 5. The second-order valence-corrected chi connectivity index (χ2v) is 21.6. The zero-order chi connectivity index (χ0) is 49.6. The molecular weight excluding hydrogens is 948 g/mol. The molecule has 2 heterocycles. The Labute approximate surface area is 410 Å². The van der Waals surface area contributed by atoms with Crippen LogP contribution in [0.5, 0.6) is 11.5 Å². The molecule has 68 heavy (non-hydrogen) atoms. The average Bonchev–Trinajstić information content (AvgIpc) is 3.32. The van der Waals surface area contributed by atoms with E-state index in [4.69, 9.17) is 38.4 Å². The predicted molar refractivity (Wildman–Crippen MR) is 275 cm³/mol. The Morgan fingerprint density at radius 3 is 1.40 bits per heavy atom. The lowest BCUT2D eigenvalue weighted by molar-refractivity contribution is 0.308. The van der Waals surface area contributed by atoms with Crippen molar-refractivity contribution in [1.29, 1.82) is 0 Å². The summed E-state index contributed by atoms with van der Waals surface area (Å²) in [6, 6.07) is 25.0. The minimum atomic E-state index is -3.51. The molecule has 2 aromatic heterocycles. The summed E-state index contributed by atoms with van der Waals surface area (Å²) in [7, 11) is -3.84. The molecule has 0 bridgehead atoms. The van der Waals surface area contributed by atoms with Crippen molar-refractivity contribution in [3.8, 4) is 11.5 Å². The molecule has 20 heteroatoms. The van der Waals surface area contributed by atoms with Gasteiger partial charge in [-0.05, 0) is 120 Å². The van der Waals surface area contributed by atoms with Crippen molar-refractivity contribution < 1.29 is 26.3 Å². The third-order valence-electron chi connectivity index (χ3n) is 10.7. The highest BCUT2D eigenvalue weighted by Crippen LogP contribution is 2.34. The number of sulfone groups is 2. The number of nitrogens with two attached hydrogens (primary N) is 1. The van der Waals surface area contributed by atoms with Crippen LogP contribution in [0, 0.1) is 0 Å². The van der Waals surface area contributed by atoms with Crippen molar-refractivity contribution in [2.45, 2.75) is 74.7 Å². The summed E-state index contributed by atoms with van der Waals surface area (Å²) in [5.74, 6) is 2.40. The van der Waals surface area contributed by atoms with Crippen LogP contribution in [0.25, 0.3) is 0 Å². The third-order valence-corrected chi connectivity index (χ3v) is 15.7. The molecule has 0 spiro atoms. The van der Waals surface area contributed by atoms with Gasteiger partial charge in [0.2, 0.25) is 11.9 Å². The fourth-order valence-corrected chi connectivity index (χ4v) is 9.36. The van der Waals surface area contributed by atoms with Crippen LogP contribution < -0.4 is 36.5 Å². The van der Waals surface area contributed by atoms with E-state index in [-0.39, 0.29) is 37.4 Å². The summed E-state index contributed by atoms with van der Waals surface area (Å²) in [6.45, 7) is 14.4. The number of nitrogens with zero attached hydrogens (tertiary/aromatic N) is 5. The summed E-state index contributed by atoms with van der Waals surface area (Å²) in [5.41, 5.74) is 10.0. The average molecular weight is 1010 g/mol. The molecule has 0 saturated heterocycles. The molecule has 6 N–H and O–H groups in total. The Balaban J connectivity index is 0.000000256. The zero-order valence-corrected chi connectivity index (χ0v) is 42.6. The summed E-state index contributed by atoms with van der Waals surface area (Å²) in [4.78, 5) is 20.2. The zero-order valence-electron chi connectivity index (χ0n) is 39.5. The maximum absolute atomic E-state index is 12.8. The van der Waals surface area contributed by atoms with E-state index in [1.165, 1.54) is 12.4 Å². The number of ether oxygens (including phenoxy) is 2. The number of methoxy groups -OCH3 is 2. The van der Waals surface area contributed by atoms with Gasteiger partial charge in [0.1, 0.15) is 21.5 Å². The van der Waals surface area contributed by atoms with Gasteiger partial charge in [0.15, 0.2) is 31.3 Å². The predicted octanol–water partition coefficient (Wildman–Crippen LogP) is 10.0. The van der Waals surface area contributed by atoms with Crippen molar-refractivity contribution in [2.75, 3.05) is 61.7 Å². The first kappa shape index (κ1) is 53.2. The first-order chi connectivity index (χ1) is 32.4. The maximum atomic E-state index is 12.8. The van der Waals surface area contributed by atoms with E-state index in [1.54, 1.807) is 90.4 Å². The standard InChI is InChI=1S/C26H34ClN5O3S.C22H26ClN5O3S/c1-6-32(7-2)15-14-19-12-13-23(35-5)22(16-19)30-26-28-17-20(27)25(31-26)29-21-10-8-9-11-24(21)36(33,34)18(3)4;1-14(2)32(29,30)20-7-5-4-6-17(20)26-21-16(23)13-25-22(28-21)27-18-12-15(10-11-24)8-9-19(18)31-3/h8-13,16-18H,6-7,14-15H2,1-5H3,(H2,28,29,30,31);4-9,12-14H,10-11,24H2,1-3H3,(H2,25,26,27,28). The molecule has 364 valence electrons. The Morgan fingerprint density at radius 1 is 0.603 bits per heavy atom. The Kier molecular flexibility index (Phi) is 19.2. The molecule has 0 aliphatic heterocycles. The number of aromatic nitrogens is 4. The van der Waals surface area contributed by atoms with Gasteiger partial charge in [-0.1, -0.05) is 73.4 Å². The van der Waals surface area contributed by atoms with E-state index >= 15 is 0 Å². The van der Waals surface area contributed by atoms with Crippen LogP contribution in [0.3, 0.4) is 0 Å². The first-order valence-corrected chi connectivity index (χ1v) is 25.9. The van der Waals surface area contributed by atoms with Gasteiger partial charge < -0.3 is 41.4 Å².